The highest BCUT2D eigenvalue weighted by Crippen LogP contribution is 2.25. The summed E-state index contributed by atoms with van der Waals surface area (Å²) in [5.41, 5.74) is 0. The van der Waals surface area contributed by atoms with Crippen molar-refractivity contribution in [1.29, 1.82) is 0 Å². The fourth-order valence-corrected chi connectivity index (χ4v) is 2.17. The fourth-order valence-electron chi connectivity index (χ4n) is 1.16. The van der Waals surface area contributed by atoms with E-state index in [1.54, 1.807) is 0 Å². The molecule has 0 amide bonds. The van der Waals surface area contributed by atoms with E-state index < -0.39 is 0 Å². The predicted molar refractivity (Wildman–Crippen MR) is 46.8 cm³/mol. The zero-order valence-corrected chi connectivity index (χ0v) is 7.80. The van der Waals surface area contributed by atoms with Crippen molar-refractivity contribution in [2.75, 3.05) is 7.11 Å². The Bertz CT molecular complexity index is 85.0. The SMILES string of the molecule is COC1CC[CH]CC1I. The first kappa shape index (κ1) is 7.79. The molecule has 0 aromatic rings. The van der Waals surface area contributed by atoms with Crippen molar-refractivity contribution in [3.63, 3.8) is 0 Å². The molecule has 1 nitrogen and oxygen atoms in total. The molecule has 0 saturated heterocycles. The summed E-state index contributed by atoms with van der Waals surface area (Å²) < 4.78 is 5.99. The second-order valence-corrected chi connectivity index (χ2v) is 3.99. The topological polar surface area (TPSA) is 9.23 Å². The summed E-state index contributed by atoms with van der Waals surface area (Å²) in [6, 6.07) is 0. The van der Waals surface area contributed by atoms with Crippen molar-refractivity contribution in [3.05, 3.63) is 6.42 Å². The standard InChI is InChI=1S/C7H12IO/c1-9-7-5-3-2-4-6(7)8/h2,6-7H,3-5H2,1H3. The molecule has 0 aliphatic heterocycles. The lowest BCUT2D eigenvalue weighted by Gasteiger charge is -2.25. The van der Waals surface area contributed by atoms with Gasteiger partial charge < -0.3 is 4.74 Å². The van der Waals surface area contributed by atoms with Crippen LogP contribution >= 0.6 is 22.6 Å². The number of rotatable bonds is 1. The molecule has 0 spiro atoms. The van der Waals surface area contributed by atoms with Crippen molar-refractivity contribution in [2.24, 2.45) is 0 Å². The van der Waals surface area contributed by atoms with E-state index >= 15 is 0 Å². The van der Waals surface area contributed by atoms with Crippen LogP contribution in [0.25, 0.3) is 0 Å². The molecule has 2 unspecified atom stereocenters. The number of ether oxygens (including phenoxy) is 1. The Hall–Kier alpha value is 0.690. The molecular weight excluding hydrogens is 227 g/mol. The minimum Gasteiger partial charge on any atom is -0.380 e. The third-order valence-electron chi connectivity index (χ3n) is 1.75. The molecule has 1 aliphatic carbocycles. The van der Waals surface area contributed by atoms with E-state index in [2.05, 4.69) is 29.0 Å². The van der Waals surface area contributed by atoms with E-state index in [4.69, 9.17) is 4.74 Å². The van der Waals surface area contributed by atoms with Crippen LogP contribution in [0.4, 0.5) is 0 Å². The van der Waals surface area contributed by atoms with Gasteiger partial charge >= 0.3 is 0 Å². The normalized spacial score (nSPS) is 36.7. The maximum Gasteiger partial charge on any atom is 0.0689 e. The van der Waals surface area contributed by atoms with Gasteiger partial charge in [0.2, 0.25) is 0 Å². The molecule has 1 radical (unpaired) electrons. The number of alkyl halides is 1. The smallest absolute Gasteiger partial charge is 0.0689 e. The Kier molecular flexibility index (Phi) is 3.26. The van der Waals surface area contributed by atoms with Crippen LogP contribution in [0.2, 0.25) is 0 Å². The van der Waals surface area contributed by atoms with Crippen molar-refractivity contribution < 1.29 is 4.74 Å². The van der Waals surface area contributed by atoms with Gasteiger partial charge in [-0.1, -0.05) is 22.6 Å². The van der Waals surface area contributed by atoms with Crippen LogP contribution < -0.4 is 0 Å². The Morgan fingerprint density at radius 1 is 1.67 bits per heavy atom. The molecule has 0 heterocycles. The van der Waals surface area contributed by atoms with Gasteiger partial charge in [-0.05, 0) is 25.7 Å². The third-order valence-corrected chi connectivity index (χ3v) is 3.06. The predicted octanol–water partition coefficient (Wildman–Crippen LogP) is 2.19. The summed E-state index contributed by atoms with van der Waals surface area (Å²) in [5, 5.41) is 0. The van der Waals surface area contributed by atoms with Gasteiger partial charge in [-0.25, -0.2) is 0 Å². The van der Waals surface area contributed by atoms with Gasteiger partial charge in [0.15, 0.2) is 0 Å². The highest BCUT2D eigenvalue weighted by atomic mass is 127. The van der Waals surface area contributed by atoms with Crippen LogP contribution in [0, 0.1) is 6.42 Å². The van der Waals surface area contributed by atoms with Crippen LogP contribution in [0.15, 0.2) is 0 Å². The lowest BCUT2D eigenvalue weighted by atomic mass is 9.98. The molecule has 0 bridgehead atoms. The van der Waals surface area contributed by atoms with E-state index in [-0.39, 0.29) is 0 Å². The van der Waals surface area contributed by atoms with Gasteiger partial charge in [0.05, 0.1) is 6.10 Å². The number of methoxy groups -OCH3 is 1. The Labute approximate surface area is 70.3 Å². The zero-order chi connectivity index (χ0) is 6.69. The van der Waals surface area contributed by atoms with Crippen LogP contribution in [0.3, 0.4) is 0 Å². The van der Waals surface area contributed by atoms with Crippen LogP contribution in [0.5, 0.6) is 0 Å². The van der Waals surface area contributed by atoms with E-state index in [1.807, 2.05) is 7.11 Å². The Morgan fingerprint density at radius 3 is 2.89 bits per heavy atom. The molecule has 1 fully saturated rings. The summed E-state index contributed by atoms with van der Waals surface area (Å²) in [6.45, 7) is 0. The van der Waals surface area contributed by atoms with E-state index in [0.29, 0.717) is 10.0 Å². The lowest BCUT2D eigenvalue weighted by molar-refractivity contribution is 0.0883. The van der Waals surface area contributed by atoms with Crippen molar-refractivity contribution >= 4 is 22.6 Å². The van der Waals surface area contributed by atoms with Gasteiger partial charge in [0.1, 0.15) is 0 Å². The fraction of sp³-hybridized carbons (Fsp3) is 0.857. The monoisotopic (exact) mass is 239 g/mol. The molecule has 0 aromatic carbocycles. The zero-order valence-electron chi connectivity index (χ0n) is 5.64. The van der Waals surface area contributed by atoms with Gasteiger partial charge in [0, 0.05) is 11.0 Å². The first-order valence-corrected chi connectivity index (χ1v) is 4.57. The number of hydrogen-bond acceptors (Lipinski definition) is 1. The highest BCUT2D eigenvalue weighted by Gasteiger charge is 2.21. The van der Waals surface area contributed by atoms with Crippen LogP contribution in [0.1, 0.15) is 19.3 Å². The average molecular weight is 239 g/mol. The average Bonchev–Trinajstić information content (AvgIpc) is 1.89. The quantitative estimate of drug-likeness (QED) is 0.503. The molecule has 9 heavy (non-hydrogen) atoms. The second kappa shape index (κ2) is 3.76. The molecule has 0 aromatic heterocycles. The van der Waals surface area contributed by atoms with Gasteiger partial charge in [-0.2, -0.15) is 0 Å². The maximum absolute atomic E-state index is 5.28. The molecule has 53 valence electrons. The molecule has 2 atom stereocenters. The van der Waals surface area contributed by atoms with E-state index in [0.717, 1.165) is 0 Å². The molecule has 1 saturated carbocycles. The van der Waals surface area contributed by atoms with Crippen molar-refractivity contribution in [2.45, 2.75) is 29.3 Å². The maximum atomic E-state index is 5.28. The molecular formula is C7H12IO. The first-order chi connectivity index (χ1) is 4.34. The molecule has 0 N–H and O–H groups in total. The minimum absolute atomic E-state index is 0.510. The number of hydrogen-bond donors (Lipinski definition) is 0. The van der Waals surface area contributed by atoms with Crippen molar-refractivity contribution in [1.82, 2.24) is 0 Å². The molecule has 1 aliphatic rings. The Balaban J connectivity index is 2.30. The van der Waals surface area contributed by atoms with E-state index in [9.17, 15) is 0 Å². The molecule has 1 rings (SSSR count). The number of halogens is 1. The first-order valence-electron chi connectivity index (χ1n) is 3.33. The largest absolute Gasteiger partial charge is 0.380 e. The van der Waals surface area contributed by atoms with Gasteiger partial charge in [-0.15, -0.1) is 0 Å². The van der Waals surface area contributed by atoms with Crippen molar-refractivity contribution in [3.8, 4) is 0 Å². The van der Waals surface area contributed by atoms with Crippen LogP contribution in [-0.2, 0) is 4.74 Å². The Morgan fingerprint density at radius 2 is 2.44 bits per heavy atom. The van der Waals surface area contributed by atoms with Gasteiger partial charge in [0.25, 0.3) is 0 Å². The van der Waals surface area contributed by atoms with Gasteiger partial charge in [-0.3, -0.25) is 0 Å². The van der Waals surface area contributed by atoms with Crippen LogP contribution in [-0.4, -0.2) is 17.1 Å². The summed E-state index contributed by atoms with van der Waals surface area (Å²) in [5.74, 6) is 0. The second-order valence-electron chi connectivity index (χ2n) is 2.39. The summed E-state index contributed by atoms with van der Waals surface area (Å²) >= 11 is 2.46. The lowest BCUT2D eigenvalue weighted by Crippen LogP contribution is -2.26. The summed E-state index contributed by atoms with van der Waals surface area (Å²) in [7, 11) is 1.81. The highest BCUT2D eigenvalue weighted by molar-refractivity contribution is 14.1. The third kappa shape index (κ3) is 2.08. The van der Waals surface area contributed by atoms with E-state index in [1.165, 1.54) is 19.3 Å². The molecule has 2 heteroatoms. The minimum atomic E-state index is 0.510. The summed E-state index contributed by atoms with van der Waals surface area (Å²) in [4.78, 5) is 0. The summed E-state index contributed by atoms with van der Waals surface area (Å²) in [6.07, 6.45) is 6.53.